The van der Waals surface area contributed by atoms with Crippen LogP contribution in [0.4, 0.5) is 0 Å². The third-order valence-electron chi connectivity index (χ3n) is 6.61. The predicted octanol–water partition coefficient (Wildman–Crippen LogP) is 5.38. The molecular formula is C27H35N3O2S. The van der Waals surface area contributed by atoms with Crippen LogP contribution in [-0.4, -0.2) is 43.3 Å². The van der Waals surface area contributed by atoms with Crippen LogP contribution >= 0.6 is 0 Å². The fourth-order valence-corrected chi connectivity index (χ4v) is 5.79. The van der Waals surface area contributed by atoms with E-state index in [-0.39, 0.29) is 10.9 Å². The predicted molar refractivity (Wildman–Crippen MR) is 135 cm³/mol. The Bertz CT molecular complexity index is 1080. The van der Waals surface area contributed by atoms with Crippen molar-refractivity contribution in [2.75, 3.05) is 13.1 Å². The molecule has 0 spiro atoms. The summed E-state index contributed by atoms with van der Waals surface area (Å²) in [6.45, 7) is 6.47. The van der Waals surface area contributed by atoms with Crippen LogP contribution in [-0.2, 0) is 16.6 Å². The summed E-state index contributed by atoms with van der Waals surface area (Å²) in [5.74, 6) is 1.05. The smallest absolute Gasteiger partial charge is 0.285 e. The molecule has 2 aromatic rings. The van der Waals surface area contributed by atoms with E-state index >= 15 is 0 Å². The molecule has 1 fully saturated rings. The second-order valence-corrected chi connectivity index (χ2v) is 10.8. The molecule has 176 valence electrons. The number of fused-ring (bicyclic) bond motifs is 1. The summed E-state index contributed by atoms with van der Waals surface area (Å²) in [6, 6.07) is 17.4. The fraction of sp³-hybridized carbons (Fsp3) is 0.444. The number of guanidine groups is 1. The third kappa shape index (κ3) is 5.67. The van der Waals surface area contributed by atoms with Crippen molar-refractivity contribution < 1.29 is 8.42 Å². The molecule has 6 heteroatoms. The lowest BCUT2D eigenvalue weighted by Gasteiger charge is -2.46. The van der Waals surface area contributed by atoms with E-state index in [4.69, 9.17) is 0 Å². The van der Waals surface area contributed by atoms with Gasteiger partial charge in [0.15, 0.2) is 0 Å². The molecule has 0 saturated carbocycles. The summed E-state index contributed by atoms with van der Waals surface area (Å²) in [7, 11) is -3.82. The van der Waals surface area contributed by atoms with Crippen molar-refractivity contribution in [1.29, 1.82) is 0 Å². The SMILES string of the molecule is CCCCCCN1C[C@@H]2CC=C[C@@H]2N(Cc2ccccc2)/C1=N/S(=O)(=O)c1ccc(C)cc1. The molecule has 0 bridgehead atoms. The van der Waals surface area contributed by atoms with Gasteiger partial charge in [-0.1, -0.05) is 86.4 Å². The van der Waals surface area contributed by atoms with Gasteiger partial charge >= 0.3 is 0 Å². The van der Waals surface area contributed by atoms with Crippen molar-refractivity contribution >= 4 is 16.0 Å². The molecule has 4 rings (SSSR count). The average molecular weight is 466 g/mol. The first-order valence-corrected chi connectivity index (χ1v) is 13.6. The lowest BCUT2D eigenvalue weighted by molar-refractivity contribution is 0.157. The first kappa shape index (κ1) is 23.6. The molecule has 33 heavy (non-hydrogen) atoms. The van der Waals surface area contributed by atoms with Gasteiger partial charge in [0.2, 0.25) is 5.96 Å². The van der Waals surface area contributed by atoms with Crippen molar-refractivity contribution in [2.45, 2.75) is 63.4 Å². The number of unbranched alkanes of at least 4 members (excludes halogenated alkanes) is 3. The van der Waals surface area contributed by atoms with Gasteiger partial charge in [-0.25, -0.2) is 0 Å². The highest BCUT2D eigenvalue weighted by Crippen LogP contribution is 2.32. The minimum Gasteiger partial charge on any atom is -0.342 e. The molecule has 1 aliphatic carbocycles. The Hall–Kier alpha value is -2.60. The number of rotatable bonds is 9. The summed E-state index contributed by atoms with van der Waals surface area (Å²) in [5.41, 5.74) is 2.19. The van der Waals surface area contributed by atoms with Gasteiger partial charge in [-0.3, -0.25) is 0 Å². The summed E-state index contributed by atoms with van der Waals surface area (Å²) < 4.78 is 31.2. The zero-order valence-electron chi connectivity index (χ0n) is 19.7. The molecule has 2 atom stereocenters. The summed E-state index contributed by atoms with van der Waals surface area (Å²) in [5, 5.41) is 0. The maximum Gasteiger partial charge on any atom is 0.285 e. The van der Waals surface area contributed by atoms with Gasteiger partial charge in [-0.15, -0.1) is 4.40 Å². The summed E-state index contributed by atoms with van der Waals surface area (Å²) in [4.78, 5) is 4.67. The van der Waals surface area contributed by atoms with Crippen LogP contribution in [0.1, 0.15) is 50.2 Å². The van der Waals surface area contributed by atoms with Gasteiger partial charge in [-0.05, 0) is 37.5 Å². The summed E-state index contributed by atoms with van der Waals surface area (Å²) in [6.07, 6.45) is 10.1. The minimum atomic E-state index is -3.82. The Morgan fingerprint density at radius 2 is 1.76 bits per heavy atom. The maximum absolute atomic E-state index is 13.4. The standard InChI is InChI=1S/C27H35N3O2S/c1-3-4-5-9-19-29-21-24-13-10-14-26(24)30(20-23-11-7-6-8-12-23)27(29)28-33(31,32)25-17-15-22(2)16-18-25/h6-8,10-12,14-18,24,26H,3-5,9,13,19-21H2,1-2H3/b28-27+/t24-,26-/m0/s1. The molecule has 0 aromatic heterocycles. The number of hydrogen-bond donors (Lipinski definition) is 0. The second-order valence-electron chi connectivity index (χ2n) is 9.21. The third-order valence-corrected chi connectivity index (χ3v) is 7.88. The number of allylic oxidation sites excluding steroid dienone is 1. The number of sulfonamides is 1. The Balaban J connectivity index is 1.71. The first-order chi connectivity index (χ1) is 16.0. The molecule has 1 aliphatic heterocycles. The van der Waals surface area contributed by atoms with Gasteiger partial charge < -0.3 is 9.80 Å². The molecule has 0 unspecified atom stereocenters. The van der Waals surface area contributed by atoms with E-state index in [0.29, 0.717) is 18.4 Å². The number of benzene rings is 2. The number of nitrogens with zero attached hydrogens (tertiary/aromatic N) is 3. The Kier molecular flexibility index (Phi) is 7.53. The van der Waals surface area contributed by atoms with E-state index in [9.17, 15) is 8.42 Å². The fourth-order valence-electron chi connectivity index (χ4n) is 4.77. The average Bonchev–Trinajstić information content (AvgIpc) is 3.28. The highest BCUT2D eigenvalue weighted by atomic mass is 32.2. The molecule has 2 aromatic carbocycles. The Morgan fingerprint density at radius 3 is 2.48 bits per heavy atom. The highest BCUT2D eigenvalue weighted by molar-refractivity contribution is 7.90. The largest absolute Gasteiger partial charge is 0.342 e. The normalized spacial score (nSPS) is 21.6. The zero-order valence-corrected chi connectivity index (χ0v) is 20.5. The quantitative estimate of drug-likeness (QED) is 0.368. The molecule has 1 heterocycles. The van der Waals surface area contributed by atoms with Gasteiger partial charge in [0.05, 0.1) is 10.9 Å². The monoisotopic (exact) mass is 465 g/mol. The van der Waals surface area contributed by atoms with Crippen LogP contribution in [0.25, 0.3) is 0 Å². The van der Waals surface area contributed by atoms with Crippen molar-refractivity contribution in [2.24, 2.45) is 10.3 Å². The topological polar surface area (TPSA) is 53.0 Å². The molecular weight excluding hydrogens is 430 g/mol. The van der Waals surface area contributed by atoms with Crippen LogP contribution in [0.2, 0.25) is 0 Å². The first-order valence-electron chi connectivity index (χ1n) is 12.1. The van der Waals surface area contributed by atoms with Crippen molar-refractivity contribution in [3.05, 3.63) is 77.9 Å². The van der Waals surface area contributed by atoms with Gasteiger partial charge in [-0.2, -0.15) is 8.42 Å². The van der Waals surface area contributed by atoms with Crippen LogP contribution in [0.5, 0.6) is 0 Å². The van der Waals surface area contributed by atoms with Crippen LogP contribution in [0, 0.1) is 12.8 Å². The summed E-state index contributed by atoms with van der Waals surface area (Å²) >= 11 is 0. The molecule has 2 aliphatic rings. The Labute approximate surface area is 198 Å². The molecule has 0 N–H and O–H groups in total. The van der Waals surface area contributed by atoms with Crippen LogP contribution in [0.15, 0.2) is 76.0 Å². The lowest BCUT2D eigenvalue weighted by Crippen LogP contribution is -2.58. The van der Waals surface area contributed by atoms with E-state index in [0.717, 1.165) is 43.5 Å². The molecule has 0 amide bonds. The van der Waals surface area contributed by atoms with Crippen molar-refractivity contribution in [1.82, 2.24) is 9.80 Å². The Morgan fingerprint density at radius 1 is 1.00 bits per heavy atom. The van der Waals surface area contributed by atoms with Crippen molar-refractivity contribution in [3.63, 3.8) is 0 Å². The lowest BCUT2D eigenvalue weighted by atomic mass is 9.97. The van der Waals surface area contributed by atoms with E-state index in [1.807, 2.05) is 37.3 Å². The maximum atomic E-state index is 13.4. The molecule has 0 radical (unpaired) electrons. The van der Waals surface area contributed by atoms with E-state index in [1.165, 1.54) is 12.8 Å². The van der Waals surface area contributed by atoms with E-state index < -0.39 is 10.0 Å². The highest BCUT2D eigenvalue weighted by Gasteiger charge is 2.39. The van der Waals surface area contributed by atoms with Crippen LogP contribution < -0.4 is 0 Å². The van der Waals surface area contributed by atoms with E-state index in [2.05, 4.69) is 45.4 Å². The minimum absolute atomic E-state index is 0.170. The van der Waals surface area contributed by atoms with Gasteiger partial charge in [0.25, 0.3) is 10.0 Å². The molecule has 1 saturated heterocycles. The number of aryl methyl sites for hydroxylation is 1. The van der Waals surface area contributed by atoms with Crippen molar-refractivity contribution in [3.8, 4) is 0 Å². The number of hydrogen-bond acceptors (Lipinski definition) is 2. The van der Waals surface area contributed by atoms with E-state index in [1.54, 1.807) is 12.1 Å². The molecule has 5 nitrogen and oxygen atoms in total. The van der Waals surface area contributed by atoms with Gasteiger partial charge in [0.1, 0.15) is 0 Å². The zero-order chi connectivity index (χ0) is 23.3. The second kappa shape index (κ2) is 10.6. The van der Waals surface area contributed by atoms with Crippen LogP contribution in [0.3, 0.4) is 0 Å². The van der Waals surface area contributed by atoms with Gasteiger partial charge in [0, 0.05) is 25.6 Å².